The molecule has 1 unspecified atom stereocenters. The van der Waals surface area contributed by atoms with Crippen LogP contribution in [0.5, 0.6) is 0 Å². The van der Waals surface area contributed by atoms with Gasteiger partial charge in [0.15, 0.2) is 0 Å². The van der Waals surface area contributed by atoms with Crippen LogP contribution in [0.25, 0.3) is 0 Å². The molecule has 0 spiro atoms. The van der Waals surface area contributed by atoms with Crippen molar-refractivity contribution in [1.29, 1.82) is 0 Å². The van der Waals surface area contributed by atoms with Crippen molar-refractivity contribution in [2.75, 3.05) is 25.1 Å². The fraction of sp³-hybridized carbons (Fsp3) is 0.368. The summed E-state index contributed by atoms with van der Waals surface area (Å²) in [6.07, 6.45) is 4.03. The number of ether oxygens (including phenoxy) is 1. The van der Waals surface area contributed by atoms with E-state index in [-0.39, 0.29) is 12.1 Å². The summed E-state index contributed by atoms with van der Waals surface area (Å²) in [5, 5.41) is 5.69. The predicted octanol–water partition coefficient (Wildman–Crippen LogP) is 2.83. The number of rotatable bonds is 6. The number of benzene rings is 1. The highest BCUT2D eigenvalue weighted by molar-refractivity contribution is 5.73. The van der Waals surface area contributed by atoms with Crippen molar-refractivity contribution in [3.05, 3.63) is 54.2 Å². The van der Waals surface area contributed by atoms with Crippen LogP contribution >= 0.6 is 0 Å². The minimum Gasteiger partial charge on any atom is -0.376 e. The van der Waals surface area contributed by atoms with Crippen LogP contribution < -0.4 is 15.5 Å². The fourth-order valence-corrected chi connectivity index (χ4v) is 2.76. The van der Waals surface area contributed by atoms with E-state index >= 15 is 0 Å². The topological polar surface area (TPSA) is 66.5 Å². The van der Waals surface area contributed by atoms with Gasteiger partial charge >= 0.3 is 6.03 Å². The van der Waals surface area contributed by atoms with Gasteiger partial charge in [-0.2, -0.15) is 0 Å². The van der Waals surface area contributed by atoms with Crippen LogP contribution in [-0.4, -0.2) is 37.3 Å². The molecule has 0 radical (unpaired) electrons. The summed E-state index contributed by atoms with van der Waals surface area (Å²) >= 11 is 0. The molecule has 1 aromatic heterocycles. The number of anilines is 2. The van der Waals surface area contributed by atoms with Gasteiger partial charge in [-0.05, 0) is 36.6 Å². The highest BCUT2D eigenvalue weighted by Crippen LogP contribution is 2.20. The number of aromatic nitrogens is 1. The summed E-state index contributed by atoms with van der Waals surface area (Å²) in [5.74, 6) is 0.859. The first-order valence-electron chi connectivity index (χ1n) is 8.59. The lowest BCUT2D eigenvalue weighted by atomic mass is 10.2. The molecule has 2 amide bonds. The smallest absolute Gasteiger partial charge is 0.315 e. The largest absolute Gasteiger partial charge is 0.376 e. The van der Waals surface area contributed by atoms with Crippen LogP contribution in [-0.2, 0) is 11.3 Å². The Kier molecular flexibility index (Phi) is 5.85. The van der Waals surface area contributed by atoms with Crippen LogP contribution in [0.15, 0.2) is 48.7 Å². The number of hydrogen-bond donors (Lipinski definition) is 2. The summed E-state index contributed by atoms with van der Waals surface area (Å²) in [5.41, 5.74) is 2.03. The number of hydrogen-bond acceptors (Lipinski definition) is 4. The molecule has 25 heavy (non-hydrogen) atoms. The SMILES string of the molecule is CN(c1ccccc1)c1ccc(CNC(=O)NCC2CCCO2)cn1. The summed E-state index contributed by atoms with van der Waals surface area (Å²) in [7, 11) is 1.98. The molecule has 132 valence electrons. The molecule has 2 heterocycles. The number of carbonyl (C=O) groups is 1. The fourth-order valence-electron chi connectivity index (χ4n) is 2.76. The van der Waals surface area contributed by atoms with Gasteiger partial charge in [0.05, 0.1) is 6.10 Å². The monoisotopic (exact) mass is 340 g/mol. The average Bonchev–Trinajstić information content (AvgIpc) is 3.19. The summed E-state index contributed by atoms with van der Waals surface area (Å²) in [4.78, 5) is 18.3. The number of pyridine rings is 1. The molecule has 1 aromatic carbocycles. The molecule has 1 fully saturated rings. The van der Waals surface area contributed by atoms with E-state index in [9.17, 15) is 4.79 Å². The lowest BCUT2D eigenvalue weighted by Crippen LogP contribution is -2.39. The Labute approximate surface area is 148 Å². The Morgan fingerprint density at radius 2 is 2.08 bits per heavy atom. The number of carbonyl (C=O) groups excluding carboxylic acids is 1. The predicted molar refractivity (Wildman–Crippen MR) is 98.0 cm³/mol. The molecule has 1 atom stereocenters. The molecule has 0 aliphatic carbocycles. The first-order valence-corrected chi connectivity index (χ1v) is 8.59. The average molecular weight is 340 g/mol. The van der Waals surface area contributed by atoms with Gasteiger partial charge in [-0.1, -0.05) is 24.3 Å². The maximum Gasteiger partial charge on any atom is 0.315 e. The minimum absolute atomic E-state index is 0.153. The van der Waals surface area contributed by atoms with E-state index in [0.29, 0.717) is 13.1 Å². The van der Waals surface area contributed by atoms with E-state index < -0.39 is 0 Å². The number of nitrogens with zero attached hydrogens (tertiary/aromatic N) is 2. The van der Waals surface area contributed by atoms with Crippen molar-refractivity contribution in [3.63, 3.8) is 0 Å². The molecule has 6 heteroatoms. The zero-order chi connectivity index (χ0) is 17.5. The second-order valence-electron chi connectivity index (χ2n) is 6.12. The third-order valence-corrected chi connectivity index (χ3v) is 4.26. The highest BCUT2D eigenvalue weighted by Gasteiger charge is 2.15. The summed E-state index contributed by atoms with van der Waals surface area (Å²) < 4.78 is 5.48. The van der Waals surface area contributed by atoms with Gasteiger partial charge in [-0.25, -0.2) is 9.78 Å². The van der Waals surface area contributed by atoms with Gasteiger partial charge in [-0.15, -0.1) is 0 Å². The Morgan fingerprint density at radius 1 is 1.24 bits per heavy atom. The van der Waals surface area contributed by atoms with Gasteiger partial charge in [0, 0.05) is 38.6 Å². The standard InChI is InChI=1S/C19H24N4O2/c1-23(16-6-3-2-4-7-16)18-10-9-15(12-20-18)13-21-19(24)22-14-17-8-5-11-25-17/h2-4,6-7,9-10,12,17H,5,8,11,13-14H2,1H3,(H2,21,22,24). The van der Waals surface area contributed by atoms with E-state index in [4.69, 9.17) is 4.74 Å². The third-order valence-electron chi connectivity index (χ3n) is 4.26. The van der Waals surface area contributed by atoms with Crippen molar-refractivity contribution in [2.45, 2.75) is 25.5 Å². The van der Waals surface area contributed by atoms with Crippen molar-refractivity contribution in [1.82, 2.24) is 15.6 Å². The summed E-state index contributed by atoms with van der Waals surface area (Å²) in [6.45, 7) is 1.80. The van der Waals surface area contributed by atoms with Gasteiger partial charge in [0.1, 0.15) is 5.82 Å². The molecular weight excluding hydrogens is 316 g/mol. The Bertz CT molecular complexity index is 670. The van der Waals surface area contributed by atoms with Gasteiger partial charge in [-0.3, -0.25) is 0 Å². The maximum atomic E-state index is 11.8. The Morgan fingerprint density at radius 3 is 2.76 bits per heavy atom. The number of amides is 2. The summed E-state index contributed by atoms with van der Waals surface area (Å²) in [6, 6.07) is 13.8. The molecule has 1 saturated heterocycles. The molecule has 6 nitrogen and oxygen atoms in total. The molecule has 0 bridgehead atoms. The molecule has 3 rings (SSSR count). The van der Waals surface area contributed by atoms with Crippen LogP contribution in [0.2, 0.25) is 0 Å². The molecule has 1 aliphatic rings. The van der Waals surface area contributed by atoms with Gasteiger partial charge < -0.3 is 20.3 Å². The second-order valence-corrected chi connectivity index (χ2v) is 6.12. The number of urea groups is 1. The third kappa shape index (κ3) is 4.93. The first kappa shape index (κ1) is 17.2. The lowest BCUT2D eigenvalue weighted by Gasteiger charge is -2.18. The van der Waals surface area contributed by atoms with E-state index in [2.05, 4.69) is 15.6 Å². The van der Waals surface area contributed by atoms with E-state index in [1.807, 2.05) is 54.4 Å². The van der Waals surface area contributed by atoms with Crippen LogP contribution in [0, 0.1) is 0 Å². The van der Waals surface area contributed by atoms with E-state index in [1.165, 1.54) is 0 Å². The van der Waals surface area contributed by atoms with Gasteiger partial charge in [0.25, 0.3) is 0 Å². The van der Waals surface area contributed by atoms with Crippen LogP contribution in [0.3, 0.4) is 0 Å². The highest BCUT2D eigenvalue weighted by atomic mass is 16.5. The van der Waals surface area contributed by atoms with E-state index in [1.54, 1.807) is 6.20 Å². The quantitative estimate of drug-likeness (QED) is 0.849. The number of nitrogens with one attached hydrogen (secondary N) is 2. The van der Waals surface area contributed by atoms with Crippen molar-refractivity contribution < 1.29 is 9.53 Å². The zero-order valence-electron chi connectivity index (χ0n) is 14.4. The molecular formula is C19H24N4O2. The Hall–Kier alpha value is -2.60. The van der Waals surface area contributed by atoms with Crippen molar-refractivity contribution in [3.8, 4) is 0 Å². The van der Waals surface area contributed by atoms with Crippen molar-refractivity contribution in [2.24, 2.45) is 0 Å². The Balaban J connectivity index is 1.46. The van der Waals surface area contributed by atoms with Gasteiger partial charge in [0.2, 0.25) is 0 Å². The second kappa shape index (κ2) is 8.48. The minimum atomic E-state index is -0.180. The lowest BCUT2D eigenvalue weighted by molar-refractivity contribution is 0.111. The zero-order valence-corrected chi connectivity index (χ0v) is 14.4. The normalized spacial score (nSPS) is 16.4. The molecule has 1 aliphatic heterocycles. The maximum absolute atomic E-state index is 11.8. The van der Waals surface area contributed by atoms with Crippen molar-refractivity contribution >= 4 is 17.5 Å². The number of para-hydroxylation sites is 1. The molecule has 2 aromatic rings. The first-order chi connectivity index (χ1) is 12.2. The van der Waals surface area contributed by atoms with Crippen LogP contribution in [0.4, 0.5) is 16.3 Å². The molecule has 2 N–H and O–H groups in total. The molecule has 0 saturated carbocycles. The van der Waals surface area contributed by atoms with Crippen LogP contribution in [0.1, 0.15) is 18.4 Å². The van der Waals surface area contributed by atoms with E-state index in [0.717, 1.165) is 36.5 Å².